The van der Waals surface area contributed by atoms with Gasteiger partial charge in [-0.15, -0.1) is 0 Å². The Balaban J connectivity index is 2.25. The molecule has 0 aliphatic heterocycles. The number of hydrogen-bond donors (Lipinski definition) is 2. The first-order valence-electron chi connectivity index (χ1n) is 5.45. The third-order valence-corrected chi connectivity index (χ3v) is 3.58. The highest BCUT2D eigenvalue weighted by atomic mass is 79.9. The van der Waals surface area contributed by atoms with Crippen LogP contribution in [0.2, 0.25) is 0 Å². The Morgan fingerprint density at radius 2 is 1.59 bits per heavy atom. The minimum absolute atomic E-state index is 0.820. The van der Waals surface area contributed by atoms with Gasteiger partial charge in [0.2, 0.25) is 0 Å². The third-order valence-electron chi connectivity index (χ3n) is 2.73. The fraction of sp³-hybridized carbons (Fsp3) is 0.143. The van der Waals surface area contributed by atoms with Crippen molar-refractivity contribution >= 4 is 33.0 Å². The Morgan fingerprint density at radius 1 is 0.941 bits per heavy atom. The molecular weight excluding hydrogens is 276 g/mol. The van der Waals surface area contributed by atoms with Crippen molar-refractivity contribution < 1.29 is 0 Å². The van der Waals surface area contributed by atoms with Crippen LogP contribution in [0.1, 0.15) is 11.1 Å². The summed E-state index contributed by atoms with van der Waals surface area (Å²) in [4.78, 5) is 0. The van der Waals surface area contributed by atoms with E-state index in [0.29, 0.717) is 0 Å². The highest BCUT2D eigenvalue weighted by molar-refractivity contribution is 9.10. The van der Waals surface area contributed by atoms with Crippen LogP contribution in [0.4, 0.5) is 17.1 Å². The molecule has 3 N–H and O–H groups in total. The van der Waals surface area contributed by atoms with Crippen molar-refractivity contribution in [1.82, 2.24) is 0 Å². The van der Waals surface area contributed by atoms with E-state index in [2.05, 4.69) is 46.4 Å². The minimum atomic E-state index is 0.820. The van der Waals surface area contributed by atoms with E-state index in [1.165, 1.54) is 5.56 Å². The zero-order valence-electron chi connectivity index (χ0n) is 9.92. The van der Waals surface area contributed by atoms with E-state index in [1.54, 1.807) is 0 Å². The van der Waals surface area contributed by atoms with Gasteiger partial charge in [0, 0.05) is 21.5 Å². The van der Waals surface area contributed by atoms with E-state index in [-0.39, 0.29) is 0 Å². The summed E-state index contributed by atoms with van der Waals surface area (Å²) in [6, 6.07) is 12.2. The fourth-order valence-electron chi connectivity index (χ4n) is 1.59. The van der Waals surface area contributed by atoms with Crippen LogP contribution in [-0.2, 0) is 0 Å². The molecule has 0 amide bonds. The molecule has 0 fully saturated rings. The molecule has 0 saturated heterocycles. The molecule has 2 rings (SSSR count). The van der Waals surface area contributed by atoms with Crippen LogP contribution < -0.4 is 11.1 Å². The Bertz CT molecular complexity index is 500. The number of halogens is 1. The van der Waals surface area contributed by atoms with E-state index in [9.17, 15) is 0 Å². The normalized spacial score (nSPS) is 10.3. The van der Waals surface area contributed by atoms with Gasteiger partial charge in [0.25, 0.3) is 0 Å². The average Bonchev–Trinajstić information content (AvgIpc) is 2.29. The van der Waals surface area contributed by atoms with Gasteiger partial charge in [-0.2, -0.15) is 0 Å². The maximum atomic E-state index is 5.79. The fourth-order valence-corrected chi connectivity index (χ4v) is 1.97. The quantitative estimate of drug-likeness (QED) is 0.805. The molecule has 2 aromatic rings. The first-order chi connectivity index (χ1) is 8.06. The largest absolute Gasteiger partial charge is 0.399 e. The summed E-state index contributed by atoms with van der Waals surface area (Å²) >= 11 is 3.53. The summed E-state index contributed by atoms with van der Waals surface area (Å²) in [7, 11) is 0. The summed E-state index contributed by atoms with van der Waals surface area (Å²) in [5.74, 6) is 0. The van der Waals surface area contributed by atoms with Crippen molar-refractivity contribution in [2.75, 3.05) is 11.1 Å². The van der Waals surface area contributed by atoms with Crippen molar-refractivity contribution in [3.8, 4) is 0 Å². The molecule has 3 heteroatoms. The van der Waals surface area contributed by atoms with Gasteiger partial charge in [0.05, 0.1) is 0 Å². The lowest BCUT2D eigenvalue weighted by molar-refractivity contribution is 1.41. The summed E-state index contributed by atoms with van der Waals surface area (Å²) in [5, 5.41) is 3.35. The number of nitrogens with one attached hydrogen (secondary N) is 1. The molecule has 2 nitrogen and oxygen atoms in total. The van der Waals surface area contributed by atoms with E-state index in [4.69, 9.17) is 5.73 Å². The molecule has 0 unspecified atom stereocenters. The first-order valence-corrected chi connectivity index (χ1v) is 6.25. The van der Waals surface area contributed by atoms with Crippen molar-refractivity contribution in [3.05, 3.63) is 52.0 Å². The second kappa shape index (κ2) is 4.80. The van der Waals surface area contributed by atoms with Crippen LogP contribution in [0, 0.1) is 13.8 Å². The highest BCUT2D eigenvalue weighted by Crippen LogP contribution is 2.25. The van der Waals surface area contributed by atoms with Gasteiger partial charge in [-0.25, -0.2) is 0 Å². The monoisotopic (exact) mass is 290 g/mol. The summed E-state index contributed by atoms with van der Waals surface area (Å²) < 4.78 is 1.11. The molecular formula is C14H15BrN2. The summed E-state index contributed by atoms with van der Waals surface area (Å²) in [6.45, 7) is 4.08. The van der Waals surface area contributed by atoms with Gasteiger partial charge >= 0.3 is 0 Å². The molecule has 0 spiro atoms. The van der Waals surface area contributed by atoms with E-state index in [0.717, 1.165) is 27.1 Å². The van der Waals surface area contributed by atoms with Crippen LogP contribution in [-0.4, -0.2) is 0 Å². The van der Waals surface area contributed by atoms with Gasteiger partial charge in [0.15, 0.2) is 0 Å². The van der Waals surface area contributed by atoms with Crippen molar-refractivity contribution in [2.45, 2.75) is 13.8 Å². The Hall–Kier alpha value is -1.48. The zero-order chi connectivity index (χ0) is 12.4. The van der Waals surface area contributed by atoms with Crippen LogP contribution in [0.15, 0.2) is 40.9 Å². The van der Waals surface area contributed by atoms with Crippen molar-refractivity contribution in [1.29, 1.82) is 0 Å². The maximum absolute atomic E-state index is 5.79. The van der Waals surface area contributed by atoms with Crippen LogP contribution in [0.25, 0.3) is 0 Å². The molecule has 2 aromatic carbocycles. The van der Waals surface area contributed by atoms with Crippen molar-refractivity contribution in [3.63, 3.8) is 0 Å². The lowest BCUT2D eigenvalue weighted by atomic mass is 10.1. The molecule has 17 heavy (non-hydrogen) atoms. The number of benzene rings is 2. The molecule has 0 aromatic heterocycles. The van der Waals surface area contributed by atoms with E-state index < -0.39 is 0 Å². The smallest absolute Gasteiger partial charge is 0.0395 e. The van der Waals surface area contributed by atoms with Crippen LogP contribution in [0.5, 0.6) is 0 Å². The SMILES string of the molecule is Cc1cc(Nc2ccc(C)c(Br)c2)ccc1N. The Labute approximate surface area is 110 Å². The number of anilines is 3. The summed E-state index contributed by atoms with van der Waals surface area (Å²) in [5.41, 5.74) is 11.0. The molecule has 0 aliphatic carbocycles. The van der Waals surface area contributed by atoms with E-state index >= 15 is 0 Å². The molecule has 0 aliphatic rings. The minimum Gasteiger partial charge on any atom is -0.399 e. The van der Waals surface area contributed by atoms with Gasteiger partial charge in [-0.05, 0) is 55.3 Å². The highest BCUT2D eigenvalue weighted by Gasteiger charge is 2.00. The standard InChI is InChI=1S/C14H15BrN2/c1-9-3-4-12(8-13(9)15)17-11-5-6-14(16)10(2)7-11/h3-8,17H,16H2,1-2H3. The lowest BCUT2D eigenvalue weighted by Crippen LogP contribution is -1.94. The molecule has 0 atom stereocenters. The second-order valence-corrected chi connectivity index (χ2v) is 5.01. The molecule has 88 valence electrons. The Kier molecular flexibility index (Phi) is 3.38. The lowest BCUT2D eigenvalue weighted by Gasteiger charge is -2.09. The molecule has 0 heterocycles. The number of nitrogen functional groups attached to an aromatic ring is 1. The van der Waals surface area contributed by atoms with Gasteiger partial charge in [-0.3, -0.25) is 0 Å². The number of nitrogens with two attached hydrogens (primary N) is 1. The van der Waals surface area contributed by atoms with Crippen LogP contribution >= 0.6 is 15.9 Å². The number of aryl methyl sites for hydroxylation is 2. The predicted octanol–water partition coefficient (Wildman–Crippen LogP) is 4.39. The zero-order valence-corrected chi connectivity index (χ0v) is 11.5. The topological polar surface area (TPSA) is 38.0 Å². The Morgan fingerprint density at radius 3 is 2.24 bits per heavy atom. The predicted molar refractivity (Wildman–Crippen MR) is 77.8 cm³/mol. The summed E-state index contributed by atoms with van der Waals surface area (Å²) in [6.07, 6.45) is 0. The molecule has 0 radical (unpaired) electrons. The first kappa shape index (κ1) is 12.0. The van der Waals surface area contributed by atoms with Gasteiger partial charge in [-0.1, -0.05) is 22.0 Å². The van der Waals surface area contributed by atoms with Gasteiger partial charge < -0.3 is 11.1 Å². The maximum Gasteiger partial charge on any atom is 0.0395 e. The van der Waals surface area contributed by atoms with Crippen molar-refractivity contribution in [2.24, 2.45) is 0 Å². The average molecular weight is 291 g/mol. The van der Waals surface area contributed by atoms with Gasteiger partial charge in [0.1, 0.15) is 0 Å². The molecule has 0 saturated carbocycles. The molecule has 0 bridgehead atoms. The second-order valence-electron chi connectivity index (χ2n) is 4.16. The third kappa shape index (κ3) is 2.80. The van der Waals surface area contributed by atoms with E-state index in [1.807, 2.05) is 25.1 Å². The number of rotatable bonds is 2. The number of hydrogen-bond acceptors (Lipinski definition) is 2. The van der Waals surface area contributed by atoms with Crippen LogP contribution in [0.3, 0.4) is 0 Å².